The van der Waals surface area contributed by atoms with Crippen LogP contribution in [-0.4, -0.2) is 42.7 Å². The van der Waals surface area contributed by atoms with Gasteiger partial charge in [-0.1, -0.05) is 23.4 Å². The molecule has 2 rings (SSSR count). The van der Waals surface area contributed by atoms with Crippen molar-refractivity contribution < 1.29 is 24.5 Å². The Morgan fingerprint density at radius 2 is 2.04 bits per heavy atom. The highest BCUT2D eigenvalue weighted by Crippen LogP contribution is 2.31. The van der Waals surface area contributed by atoms with Crippen LogP contribution in [0.25, 0.3) is 0 Å². The van der Waals surface area contributed by atoms with Crippen LogP contribution in [0.15, 0.2) is 35.4 Å². The van der Waals surface area contributed by atoms with E-state index in [1.807, 2.05) is 0 Å². The summed E-state index contributed by atoms with van der Waals surface area (Å²) in [7, 11) is 2.98. The van der Waals surface area contributed by atoms with Crippen molar-refractivity contribution >= 4 is 23.7 Å². The number of aromatic hydroxyl groups is 1. The second-order valence-electron chi connectivity index (χ2n) is 5.61. The number of rotatable bonds is 5. The summed E-state index contributed by atoms with van der Waals surface area (Å²) in [6, 6.07) is 7.43. The average Bonchev–Trinajstić information content (AvgIpc) is 2.67. The van der Waals surface area contributed by atoms with Crippen LogP contribution in [0.4, 0.5) is 0 Å². The molecule has 2 aromatic carbocycles. The number of aliphatic hydroxyl groups is 1. The first-order valence-corrected chi connectivity index (χ1v) is 8.51. The monoisotopic (exact) mass is 402 g/mol. The van der Waals surface area contributed by atoms with Crippen LogP contribution in [0, 0.1) is 11.8 Å². The van der Waals surface area contributed by atoms with Gasteiger partial charge in [0.05, 0.1) is 31.0 Å². The van der Waals surface area contributed by atoms with Gasteiger partial charge in [-0.15, -0.1) is 0 Å². The molecule has 0 saturated carbocycles. The van der Waals surface area contributed by atoms with E-state index >= 15 is 0 Å². The molecule has 3 N–H and O–H groups in total. The predicted molar refractivity (Wildman–Crippen MR) is 106 cm³/mol. The average molecular weight is 403 g/mol. The molecule has 8 heteroatoms. The number of carbonyl (C=O) groups is 1. The summed E-state index contributed by atoms with van der Waals surface area (Å²) in [6.45, 7) is 1.55. The van der Waals surface area contributed by atoms with Gasteiger partial charge in [0.25, 0.3) is 5.91 Å². The molecule has 0 fully saturated rings. The highest BCUT2D eigenvalue weighted by molar-refractivity contribution is 6.32. The summed E-state index contributed by atoms with van der Waals surface area (Å²) < 4.78 is 10.6. The first kappa shape index (κ1) is 21.1. The molecule has 1 amide bonds. The Morgan fingerprint density at radius 1 is 1.29 bits per heavy atom. The number of amides is 1. The van der Waals surface area contributed by atoms with Gasteiger partial charge in [-0.05, 0) is 42.8 Å². The number of nitrogens with zero attached hydrogens (tertiary/aromatic N) is 1. The Labute approximate surface area is 167 Å². The molecule has 28 heavy (non-hydrogen) atoms. The number of aliphatic hydroxyl groups excluding tert-OH is 1. The van der Waals surface area contributed by atoms with Gasteiger partial charge in [0.15, 0.2) is 11.5 Å². The van der Waals surface area contributed by atoms with Gasteiger partial charge >= 0.3 is 0 Å². The normalized spacial score (nSPS) is 11.5. The summed E-state index contributed by atoms with van der Waals surface area (Å²) in [6.07, 6.45) is 0.611. The van der Waals surface area contributed by atoms with Gasteiger partial charge < -0.3 is 19.7 Å². The van der Waals surface area contributed by atoms with Crippen LogP contribution in [0.1, 0.15) is 28.4 Å². The third-order valence-corrected chi connectivity index (χ3v) is 3.81. The lowest BCUT2D eigenvalue weighted by atomic mass is 10.1. The van der Waals surface area contributed by atoms with E-state index in [0.717, 1.165) is 0 Å². The number of methoxy groups -OCH3 is 2. The lowest BCUT2D eigenvalue weighted by Gasteiger charge is -2.10. The number of benzene rings is 2. The maximum atomic E-state index is 12.1. The van der Waals surface area contributed by atoms with Crippen molar-refractivity contribution in [2.24, 2.45) is 5.10 Å². The van der Waals surface area contributed by atoms with Crippen LogP contribution in [0.3, 0.4) is 0 Å². The van der Waals surface area contributed by atoms with Crippen molar-refractivity contribution in [2.45, 2.75) is 13.0 Å². The molecule has 7 nitrogen and oxygen atoms in total. The van der Waals surface area contributed by atoms with Gasteiger partial charge in [0.1, 0.15) is 11.9 Å². The van der Waals surface area contributed by atoms with E-state index < -0.39 is 12.0 Å². The summed E-state index contributed by atoms with van der Waals surface area (Å²) in [4.78, 5) is 12.1. The molecule has 1 atom stereocenters. The molecular weight excluding hydrogens is 384 g/mol. The Hall–Kier alpha value is -3.21. The van der Waals surface area contributed by atoms with Crippen molar-refractivity contribution in [3.63, 3.8) is 0 Å². The van der Waals surface area contributed by atoms with Crippen LogP contribution in [0.2, 0.25) is 5.02 Å². The molecule has 0 radical (unpaired) electrons. The molecule has 0 bridgehead atoms. The number of phenolic OH excluding ortho intramolecular Hbond substituents is 1. The number of hydrogen-bond acceptors (Lipinski definition) is 6. The molecule has 0 aromatic heterocycles. The van der Waals surface area contributed by atoms with Gasteiger partial charge in [-0.2, -0.15) is 5.10 Å². The number of phenols is 1. The van der Waals surface area contributed by atoms with Gasteiger partial charge in [0.2, 0.25) is 0 Å². The fourth-order valence-electron chi connectivity index (χ4n) is 2.21. The molecule has 0 spiro atoms. The van der Waals surface area contributed by atoms with Gasteiger partial charge in [0, 0.05) is 5.56 Å². The Kier molecular flexibility index (Phi) is 7.27. The van der Waals surface area contributed by atoms with Gasteiger partial charge in [-0.3, -0.25) is 4.79 Å². The first-order valence-electron chi connectivity index (χ1n) is 8.13. The molecule has 0 aliphatic rings. The summed E-state index contributed by atoms with van der Waals surface area (Å²) >= 11 is 5.79. The third-order valence-electron chi connectivity index (χ3n) is 3.51. The quantitative estimate of drug-likeness (QED) is 0.405. The largest absolute Gasteiger partial charge is 0.506 e. The smallest absolute Gasteiger partial charge is 0.271 e. The maximum absolute atomic E-state index is 12.1. The fourth-order valence-corrected chi connectivity index (χ4v) is 2.39. The van der Waals surface area contributed by atoms with Crippen LogP contribution in [-0.2, 0) is 0 Å². The summed E-state index contributed by atoms with van der Waals surface area (Å²) in [5.41, 5.74) is 3.71. The minimum atomic E-state index is -0.801. The molecule has 0 saturated heterocycles. The molecule has 0 heterocycles. The van der Waals surface area contributed by atoms with E-state index in [2.05, 4.69) is 22.4 Å². The molecule has 1 unspecified atom stereocenters. The second kappa shape index (κ2) is 9.65. The van der Waals surface area contributed by atoms with Crippen molar-refractivity contribution in [3.8, 4) is 29.1 Å². The maximum Gasteiger partial charge on any atom is 0.271 e. The molecule has 0 aliphatic carbocycles. The zero-order valence-electron chi connectivity index (χ0n) is 15.5. The van der Waals surface area contributed by atoms with Gasteiger partial charge in [-0.25, -0.2) is 5.43 Å². The summed E-state index contributed by atoms with van der Waals surface area (Å²) in [5.74, 6) is 5.72. The topological polar surface area (TPSA) is 100 Å². The Morgan fingerprint density at radius 3 is 2.64 bits per heavy atom. The van der Waals surface area contributed by atoms with E-state index in [1.165, 1.54) is 38.6 Å². The molecule has 146 valence electrons. The summed E-state index contributed by atoms with van der Waals surface area (Å²) in [5, 5.41) is 22.8. The van der Waals surface area contributed by atoms with Crippen molar-refractivity contribution in [2.75, 3.05) is 14.2 Å². The lowest BCUT2D eigenvalue weighted by molar-refractivity contribution is 0.0955. The number of hydrogen-bond donors (Lipinski definition) is 3. The SMILES string of the molecule is COc1cc(C=NNC(=O)c2ccc(O)c(Cl)c2)cc(C#CC(C)O)c1OC. The second-order valence-corrected chi connectivity index (χ2v) is 6.02. The lowest BCUT2D eigenvalue weighted by Crippen LogP contribution is -2.17. The molecular formula is C20H19ClN2O5. The van der Waals surface area contributed by atoms with E-state index in [1.54, 1.807) is 19.1 Å². The Bertz CT molecular complexity index is 961. The number of ether oxygens (including phenoxy) is 2. The minimum absolute atomic E-state index is 0.0675. The van der Waals surface area contributed by atoms with Crippen LogP contribution in [0.5, 0.6) is 17.2 Å². The minimum Gasteiger partial charge on any atom is -0.506 e. The highest BCUT2D eigenvalue weighted by atomic mass is 35.5. The van der Waals surface area contributed by atoms with Crippen molar-refractivity contribution in [1.29, 1.82) is 0 Å². The van der Waals surface area contributed by atoms with Crippen molar-refractivity contribution in [1.82, 2.24) is 5.43 Å². The first-order chi connectivity index (χ1) is 13.3. The van der Waals surface area contributed by atoms with Crippen molar-refractivity contribution in [3.05, 3.63) is 52.0 Å². The van der Waals surface area contributed by atoms with Crippen LogP contribution >= 0.6 is 11.6 Å². The Balaban J connectivity index is 2.24. The number of nitrogens with one attached hydrogen (secondary N) is 1. The van der Waals surface area contributed by atoms with E-state index in [4.69, 9.17) is 21.1 Å². The molecule has 2 aromatic rings. The third kappa shape index (κ3) is 5.39. The number of carbonyl (C=O) groups excluding carboxylic acids is 1. The predicted octanol–water partition coefficient (Wildman–Crippen LogP) is 2.56. The van der Waals surface area contributed by atoms with Crippen LogP contribution < -0.4 is 14.9 Å². The van der Waals surface area contributed by atoms with E-state index in [9.17, 15) is 15.0 Å². The van der Waals surface area contributed by atoms with E-state index in [-0.39, 0.29) is 16.3 Å². The standard InChI is InChI=1S/C20H19ClN2O5/c1-12(24)4-5-14-8-13(9-18(27-2)19(14)28-3)11-22-23-20(26)15-6-7-17(25)16(21)10-15/h6-12,24-25H,1-3H3,(H,23,26). The highest BCUT2D eigenvalue weighted by Gasteiger charge is 2.11. The zero-order chi connectivity index (χ0) is 20.7. The number of hydrazone groups is 1. The zero-order valence-corrected chi connectivity index (χ0v) is 16.2. The number of halogens is 1. The van der Waals surface area contributed by atoms with E-state index in [0.29, 0.717) is 22.6 Å². The fraction of sp³-hybridized carbons (Fsp3) is 0.200. The molecule has 0 aliphatic heterocycles.